The zero-order valence-corrected chi connectivity index (χ0v) is 11.3. The molecule has 1 aromatic heterocycles. The number of carboxylic acid groups (broad SMARTS) is 1. The van der Waals surface area contributed by atoms with Crippen molar-refractivity contribution >= 4 is 11.7 Å². The molecule has 0 atom stereocenters. The molecule has 1 N–H and O–H groups in total. The number of aromatic nitrogens is 1. The maximum absolute atomic E-state index is 11.1. The van der Waals surface area contributed by atoms with E-state index in [1.54, 1.807) is 13.8 Å². The van der Waals surface area contributed by atoms with Crippen LogP contribution in [-0.2, 0) is 6.61 Å². The van der Waals surface area contributed by atoms with E-state index in [9.17, 15) is 14.9 Å². The van der Waals surface area contributed by atoms with E-state index in [1.165, 1.54) is 0 Å². The maximum Gasteiger partial charge on any atom is 0.339 e. The molecule has 8 nitrogen and oxygen atoms in total. The molecule has 2 rings (SSSR count). The lowest BCUT2D eigenvalue weighted by atomic mass is 10.1. The van der Waals surface area contributed by atoms with E-state index < -0.39 is 10.9 Å². The van der Waals surface area contributed by atoms with E-state index in [-0.39, 0.29) is 23.6 Å². The van der Waals surface area contributed by atoms with Crippen LogP contribution in [0.2, 0.25) is 0 Å². The molecule has 0 aliphatic carbocycles. The van der Waals surface area contributed by atoms with Gasteiger partial charge < -0.3 is 14.4 Å². The van der Waals surface area contributed by atoms with E-state index in [2.05, 4.69) is 5.16 Å². The number of nitro benzene ring substituents is 1. The van der Waals surface area contributed by atoms with Crippen molar-refractivity contribution in [3.8, 4) is 5.75 Å². The number of hydrogen-bond donors (Lipinski definition) is 1. The molecule has 110 valence electrons. The first-order chi connectivity index (χ1) is 9.90. The Morgan fingerprint density at radius 1 is 1.48 bits per heavy atom. The molecule has 0 saturated heterocycles. The fraction of sp³-hybridized carbons (Fsp3) is 0.231. The molecule has 0 saturated carbocycles. The molecule has 2 aromatic rings. The third-order valence-corrected chi connectivity index (χ3v) is 2.96. The molecule has 8 heteroatoms. The maximum atomic E-state index is 11.1. The number of nitro groups is 1. The third kappa shape index (κ3) is 2.99. The molecule has 0 bridgehead atoms. The van der Waals surface area contributed by atoms with E-state index in [0.29, 0.717) is 17.0 Å². The van der Waals surface area contributed by atoms with Gasteiger partial charge in [0.05, 0.1) is 22.2 Å². The minimum atomic E-state index is -1.22. The van der Waals surface area contributed by atoms with Crippen LogP contribution in [0, 0.1) is 24.0 Å². The number of rotatable bonds is 5. The average Bonchev–Trinajstić information content (AvgIpc) is 2.75. The van der Waals surface area contributed by atoms with Crippen LogP contribution in [0.4, 0.5) is 5.69 Å². The first-order valence-electron chi connectivity index (χ1n) is 5.96. The number of hydrogen-bond acceptors (Lipinski definition) is 6. The van der Waals surface area contributed by atoms with Gasteiger partial charge in [0.15, 0.2) is 0 Å². The number of non-ortho nitro benzene ring substituents is 1. The van der Waals surface area contributed by atoms with E-state index in [0.717, 1.165) is 18.2 Å². The van der Waals surface area contributed by atoms with Crippen molar-refractivity contribution in [1.29, 1.82) is 0 Å². The van der Waals surface area contributed by atoms with Gasteiger partial charge in [0.1, 0.15) is 23.7 Å². The number of nitrogens with zero attached hydrogens (tertiary/aromatic N) is 2. The Hall–Kier alpha value is -2.90. The summed E-state index contributed by atoms with van der Waals surface area (Å²) in [5.74, 6) is -0.745. The van der Waals surface area contributed by atoms with Crippen molar-refractivity contribution in [3.63, 3.8) is 0 Å². The molecule has 0 aliphatic rings. The molecule has 0 amide bonds. The van der Waals surface area contributed by atoms with Gasteiger partial charge in [0, 0.05) is 6.07 Å². The average molecular weight is 292 g/mol. The number of carbonyl (C=O) groups is 1. The Morgan fingerprint density at radius 2 is 2.19 bits per heavy atom. The Labute approximate surface area is 119 Å². The standard InChI is InChI=1S/C13H12N2O6/c1-7-11(8(2)21-14-7)6-20-12-5-9(15(18)19)3-4-10(12)13(16)17/h3-5H,6H2,1-2H3,(H,16,17). The van der Waals surface area contributed by atoms with Crippen LogP contribution in [-0.4, -0.2) is 21.2 Å². The predicted octanol–water partition coefficient (Wildman–Crippen LogP) is 2.48. The number of aryl methyl sites for hydroxylation is 2. The highest BCUT2D eigenvalue weighted by atomic mass is 16.6. The van der Waals surface area contributed by atoms with Gasteiger partial charge in [0.25, 0.3) is 5.69 Å². The minimum Gasteiger partial charge on any atom is -0.488 e. The van der Waals surface area contributed by atoms with Crippen LogP contribution < -0.4 is 4.74 Å². The molecule has 0 fully saturated rings. The summed E-state index contributed by atoms with van der Waals surface area (Å²) in [5, 5.41) is 23.6. The van der Waals surface area contributed by atoms with Gasteiger partial charge in [-0.25, -0.2) is 4.79 Å². The largest absolute Gasteiger partial charge is 0.488 e. The van der Waals surface area contributed by atoms with Gasteiger partial charge in [-0.3, -0.25) is 10.1 Å². The third-order valence-electron chi connectivity index (χ3n) is 2.96. The first-order valence-corrected chi connectivity index (χ1v) is 5.96. The second-order valence-electron chi connectivity index (χ2n) is 4.33. The van der Waals surface area contributed by atoms with Crippen molar-refractivity contribution < 1.29 is 24.1 Å². The lowest BCUT2D eigenvalue weighted by molar-refractivity contribution is -0.384. The SMILES string of the molecule is Cc1noc(C)c1COc1cc([N+](=O)[O-])ccc1C(=O)O. The normalized spacial score (nSPS) is 10.4. The Balaban J connectivity index is 2.31. The highest BCUT2D eigenvalue weighted by Crippen LogP contribution is 2.26. The zero-order chi connectivity index (χ0) is 15.6. The van der Waals surface area contributed by atoms with Crippen LogP contribution in [0.3, 0.4) is 0 Å². The molecule has 0 radical (unpaired) electrons. The summed E-state index contributed by atoms with van der Waals surface area (Å²) in [6, 6.07) is 3.34. The Bertz CT molecular complexity index is 687. The smallest absolute Gasteiger partial charge is 0.339 e. The lowest BCUT2D eigenvalue weighted by Crippen LogP contribution is -2.05. The quantitative estimate of drug-likeness (QED) is 0.664. The molecule has 1 heterocycles. The van der Waals surface area contributed by atoms with E-state index in [1.807, 2.05) is 0 Å². The van der Waals surface area contributed by atoms with Gasteiger partial charge in [-0.15, -0.1) is 0 Å². The van der Waals surface area contributed by atoms with Gasteiger partial charge in [0.2, 0.25) is 0 Å². The van der Waals surface area contributed by atoms with Crippen molar-refractivity contribution in [2.45, 2.75) is 20.5 Å². The Kier molecular flexibility index (Phi) is 3.88. The van der Waals surface area contributed by atoms with E-state index in [4.69, 9.17) is 14.4 Å². The minimum absolute atomic E-state index is 0.0165. The molecule has 0 aliphatic heterocycles. The summed E-state index contributed by atoms with van der Waals surface area (Å²) in [4.78, 5) is 21.3. The summed E-state index contributed by atoms with van der Waals surface area (Å²) < 4.78 is 10.4. The van der Waals surface area contributed by atoms with Crippen molar-refractivity contribution in [3.05, 3.63) is 50.9 Å². The summed E-state index contributed by atoms with van der Waals surface area (Å²) in [7, 11) is 0. The number of ether oxygens (including phenoxy) is 1. The second kappa shape index (κ2) is 5.61. The van der Waals surface area contributed by atoms with Crippen LogP contribution in [0.25, 0.3) is 0 Å². The second-order valence-corrected chi connectivity index (χ2v) is 4.33. The summed E-state index contributed by atoms with van der Waals surface area (Å²) in [6.45, 7) is 3.44. The highest BCUT2D eigenvalue weighted by Gasteiger charge is 2.18. The van der Waals surface area contributed by atoms with Crippen LogP contribution in [0.15, 0.2) is 22.7 Å². The summed E-state index contributed by atoms with van der Waals surface area (Å²) in [5.41, 5.74) is 0.911. The van der Waals surface area contributed by atoms with Gasteiger partial charge in [-0.1, -0.05) is 5.16 Å². The van der Waals surface area contributed by atoms with E-state index >= 15 is 0 Å². The lowest BCUT2D eigenvalue weighted by Gasteiger charge is -2.08. The Morgan fingerprint density at radius 3 is 2.71 bits per heavy atom. The zero-order valence-electron chi connectivity index (χ0n) is 11.3. The molecule has 1 aromatic carbocycles. The van der Waals surface area contributed by atoms with Crippen molar-refractivity contribution in [1.82, 2.24) is 5.16 Å². The van der Waals surface area contributed by atoms with Gasteiger partial charge >= 0.3 is 5.97 Å². The van der Waals surface area contributed by atoms with Crippen LogP contribution in [0.5, 0.6) is 5.75 Å². The fourth-order valence-corrected chi connectivity index (χ4v) is 1.78. The molecular weight excluding hydrogens is 280 g/mol. The van der Waals surface area contributed by atoms with Crippen LogP contribution in [0.1, 0.15) is 27.4 Å². The summed E-state index contributed by atoms with van der Waals surface area (Å²) in [6.07, 6.45) is 0. The van der Waals surface area contributed by atoms with Gasteiger partial charge in [-0.05, 0) is 19.9 Å². The summed E-state index contributed by atoms with van der Waals surface area (Å²) >= 11 is 0. The molecule has 0 spiro atoms. The fourth-order valence-electron chi connectivity index (χ4n) is 1.78. The van der Waals surface area contributed by atoms with Gasteiger partial charge in [-0.2, -0.15) is 0 Å². The molecule has 0 unspecified atom stereocenters. The predicted molar refractivity (Wildman–Crippen MR) is 70.4 cm³/mol. The number of benzene rings is 1. The monoisotopic (exact) mass is 292 g/mol. The van der Waals surface area contributed by atoms with Crippen molar-refractivity contribution in [2.24, 2.45) is 0 Å². The first kappa shape index (κ1) is 14.5. The highest BCUT2D eigenvalue weighted by molar-refractivity contribution is 5.91. The van der Waals surface area contributed by atoms with Crippen LogP contribution >= 0.6 is 0 Å². The van der Waals surface area contributed by atoms with Crippen molar-refractivity contribution in [2.75, 3.05) is 0 Å². The number of aromatic carboxylic acids is 1. The molecule has 21 heavy (non-hydrogen) atoms. The molecular formula is C13H12N2O6. The number of carboxylic acids is 1. The topological polar surface area (TPSA) is 116 Å².